The van der Waals surface area contributed by atoms with E-state index in [0.717, 1.165) is 31.0 Å². The zero-order chi connectivity index (χ0) is 16.1. The predicted molar refractivity (Wildman–Crippen MR) is 75.9 cm³/mol. The van der Waals surface area contributed by atoms with Crippen molar-refractivity contribution < 1.29 is 24.4 Å². The molecule has 1 amide bonds. The number of nitrogens with zero attached hydrogens (tertiary/aromatic N) is 1. The molecular weight excluding hydrogens is 292 g/mol. The Bertz CT molecular complexity index is 563. The van der Waals surface area contributed by atoms with Crippen LogP contribution >= 0.6 is 0 Å². The molecule has 0 atom stereocenters. The summed E-state index contributed by atoms with van der Waals surface area (Å²) in [6, 6.07) is 3.14. The quantitative estimate of drug-likeness (QED) is 0.627. The highest BCUT2D eigenvalue weighted by atomic mass is 16.6. The summed E-state index contributed by atoms with van der Waals surface area (Å²) >= 11 is 0. The van der Waals surface area contributed by atoms with E-state index in [1.807, 2.05) is 0 Å². The molecular formula is C14H16N2O6. The highest BCUT2D eigenvalue weighted by molar-refractivity contribution is 5.98. The van der Waals surface area contributed by atoms with E-state index in [2.05, 4.69) is 5.32 Å². The number of nitro groups is 1. The van der Waals surface area contributed by atoms with Crippen LogP contribution in [0.1, 0.15) is 33.6 Å². The van der Waals surface area contributed by atoms with Crippen molar-refractivity contribution in [2.75, 3.05) is 19.8 Å². The zero-order valence-corrected chi connectivity index (χ0v) is 11.8. The second-order valence-corrected chi connectivity index (χ2v) is 5.10. The van der Waals surface area contributed by atoms with Crippen molar-refractivity contribution in [2.45, 2.75) is 12.8 Å². The lowest BCUT2D eigenvalue weighted by Crippen LogP contribution is -2.32. The third-order valence-corrected chi connectivity index (χ3v) is 3.53. The fourth-order valence-corrected chi connectivity index (χ4v) is 2.26. The van der Waals surface area contributed by atoms with Crippen LogP contribution in [0.25, 0.3) is 0 Å². The summed E-state index contributed by atoms with van der Waals surface area (Å²) in [7, 11) is 0. The number of carboxylic acids is 1. The lowest BCUT2D eigenvalue weighted by atomic mass is 10.0. The van der Waals surface area contributed by atoms with Gasteiger partial charge in [-0.3, -0.25) is 14.9 Å². The van der Waals surface area contributed by atoms with E-state index in [1.165, 1.54) is 0 Å². The minimum absolute atomic E-state index is 0.0290. The van der Waals surface area contributed by atoms with E-state index >= 15 is 0 Å². The average molecular weight is 308 g/mol. The van der Waals surface area contributed by atoms with Crippen LogP contribution in [0.4, 0.5) is 5.69 Å². The molecule has 22 heavy (non-hydrogen) atoms. The van der Waals surface area contributed by atoms with Gasteiger partial charge < -0.3 is 15.2 Å². The van der Waals surface area contributed by atoms with Gasteiger partial charge in [0.1, 0.15) is 0 Å². The van der Waals surface area contributed by atoms with Crippen LogP contribution in [-0.4, -0.2) is 41.7 Å². The van der Waals surface area contributed by atoms with Crippen LogP contribution in [0.15, 0.2) is 18.2 Å². The molecule has 1 fully saturated rings. The summed E-state index contributed by atoms with van der Waals surface area (Å²) in [5.41, 5.74) is -0.736. The summed E-state index contributed by atoms with van der Waals surface area (Å²) in [5, 5.41) is 22.5. The van der Waals surface area contributed by atoms with Gasteiger partial charge >= 0.3 is 5.97 Å². The molecule has 1 aromatic carbocycles. The summed E-state index contributed by atoms with van der Waals surface area (Å²) in [6.07, 6.45) is 1.69. The SMILES string of the molecule is O=C(O)c1cc(C(=O)NCC2CCOCC2)cc([N+](=O)[O-])c1. The topological polar surface area (TPSA) is 119 Å². The fourth-order valence-electron chi connectivity index (χ4n) is 2.26. The zero-order valence-electron chi connectivity index (χ0n) is 11.8. The number of aromatic carboxylic acids is 1. The normalized spacial score (nSPS) is 15.3. The number of rotatable bonds is 5. The lowest BCUT2D eigenvalue weighted by molar-refractivity contribution is -0.384. The number of carbonyl (C=O) groups excluding carboxylic acids is 1. The lowest BCUT2D eigenvalue weighted by Gasteiger charge is -2.22. The maximum absolute atomic E-state index is 12.1. The van der Waals surface area contributed by atoms with Crippen molar-refractivity contribution in [1.82, 2.24) is 5.32 Å². The number of carboxylic acid groups (broad SMARTS) is 1. The molecule has 0 aromatic heterocycles. The Hall–Kier alpha value is -2.48. The van der Waals surface area contributed by atoms with Crippen molar-refractivity contribution in [3.63, 3.8) is 0 Å². The Balaban J connectivity index is 2.10. The van der Waals surface area contributed by atoms with E-state index in [0.29, 0.717) is 25.7 Å². The number of carbonyl (C=O) groups is 2. The molecule has 0 radical (unpaired) electrons. The van der Waals surface area contributed by atoms with Crippen molar-refractivity contribution in [3.8, 4) is 0 Å². The third-order valence-electron chi connectivity index (χ3n) is 3.53. The van der Waals surface area contributed by atoms with Crippen LogP contribution in [0.5, 0.6) is 0 Å². The molecule has 2 rings (SSSR count). The maximum Gasteiger partial charge on any atom is 0.335 e. The molecule has 1 saturated heterocycles. The first-order valence-corrected chi connectivity index (χ1v) is 6.86. The molecule has 1 aliphatic rings. The van der Waals surface area contributed by atoms with Gasteiger partial charge in [0.2, 0.25) is 0 Å². The Morgan fingerprint density at radius 2 is 1.91 bits per heavy atom. The van der Waals surface area contributed by atoms with Gasteiger partial charge in [-0.05, 0) is 24.8 Å². The molecule has 0 bridgehead atoms. The van der Waals surface area contributed by atoms with Gasteiger partial charge in [-0.15, -0.1) is 0 Å². The van der Waals surface area contributed by atoms with Gasteiger partial charge in [0, 0.05) is 37.5 Å². The minimum atomic E-state index is -1.32. The van der Waals surface area contributed by atoms with E-state index in [1.54, 1.807) is 0 Å². The minimum Gasteiger partial charge on any atom is -0.478 e. The summed E-state index contributed by atoms with van der Waals surface area (Å²) < 4.78 is 5.22. The first kappa shape index (κ1) is 15.9. The molecule has 118 valence electrons. The fraction of sp³-hybridized carbons (Fsp3) is 0.429. The Morgan fingerprint density at radius 1 is 1.27 bits per heavy atom. The number of hydrogen-bond donors (Lipinski definition) is 2. The second-order valence-electron chi connectivity index (χ2n) is 5.10. The van der Waals surface area contributed by atoms with Gasteiger partial charge in [-0.1, -0.05) is 0 Å². The van der Waals surface area contributed by atoms with Gasteiger partial charge in [-0.2, -0.15) is 0 Å². The monoisotopic (exact) mass is 308 g/mol. The van der Waals surface area contributed by atoms with E-state index in [-0.39, 0.29) is 11.1 Å². The number of nitrogens with one attached hydrogen (secondary N) is 1. The first-order chi connectivity index (χ1) is 10.5. The van der Waals surface area contributed by atoms with Crippen LogP contribution in [0.2, 0.25) is 0 Å². The Labute approximate surface area is 126 Å². The molecule has 8 heteroatoms. The first-order valence-electron chi connectivity index (χ1n) is 6.86. The molecule has 1 aromatic rings. The van der Waals surface area contributed by atoms with Crippen LogP contribution in [0.3, 0.4) is 0 Å². The number of amides is 1. The molecule has 0 saturated carbocycles. The maximum atomic E-state index is 12.1. The molecule has 1 heterocycles. The van der Waals surface area contributed by atoms with Gasteiger partial charge in [-0.25, -0.2) is 4.79 Å². The Kier molecular flexibility index (Phi) is 5.05. The summed E-state index contributed by atoms with van der Waals surface area (Å²) in [6.45, 7) is 1.74. The van der Waals surface area contributed by atoms with Crippen LogP contribution < -0.4 is 5.32 Å². The van der Waals surface area contributed by atoms with Gasteiger partial charge in [0.25, 0.3) is 11.6 Å². The average Bonchev–Trinajstić information content (AvgIpc) is 2.53. The van der Waals surface area contributed by atoms with Crippen LogP contribution in [0, 0.1) is 16.0 Å². The van der Waals surface area contributed by atoms with Gasteiger partial charge in [0.05, 0.1) is 10.5 Å². The van der Waals surface area contributed by atoms with Crippen molar-refractivity contribution in [3.05, 3.63) is 39.4 Å². The third kappa shape index (κ3) is 4.01. The highest BCUT2D eigenvalue weighted by Gasteiger charge is 2.19. The number of non-ortho nitro benzene ring substituents is 1. The van der Waals surface area contributed by atoms with Crippen molar-refractivity contribution >= 4 is 17.6 Å². The molecule has 1 aliphatic heterocycles. The van der Waals surface area contributed by atoms with Crippen LogP contribution in [-0.2, 0) is 4.74 Å². The number of benzene rings is 1. The molecule has 2 N–H and O–H groups in total. The van der Waals surface area contributed by atoms with Crippen molar-refractivity contribution in [1.29, 1.82) is 0 Å². The van der Waals surface area contributed by atoms with Crippen molar-refractivity contribution in [2.24, 2.45) is 5.92 Å². The summed E-state index contributed by atoms with van der Waals surface area (Å²) in [5.74, 6) is -1.53. The highest BCUT2D eigenvalue weighted by Crippen LogP contribution is 2.18. The number of hydrogen-bond acceptors (Lipinski definition) is 5. The smallest absolute Gasteiger partial charge is 0.335 e. The van der Waals surface area contributed by atoms with E-state index in [4.69, 9.17) is 9.84 Å². The number of ether oxygens (including phenoxy) is 1. The molecule has 0 aliphatic carbocycles. The van der Waals surface area contributed by atoms with Gasteiger partial charge in [0.15, 0.2) is 0 Å². The predicted octanol–water partition coefficient (Wildman–Crippen LogP) is 1.45. The second kappa shape index (κ2) is 6.99. The number of nitro benzene ring substituents is 1. The molecule has 0 spiro atoms. The standard InChI is InChI=1S/C14H16N2O6/c17-13(15-8-9-1-3-22-4-2-9)10-5-11(14(18)19)7-12(6-10)16(20)21/h5-7,9H,1-4,8H2,(H,15,17)(H,18,19). The largest absolute Gasteiger partial charge is 0.478 e. The van der Waals surface area contributed by atoms with E-state index in [9.17, 15) is 19.7 Å². The van der Waals surface area contributed by atoms with E-state index < -0.39 is 22.5 Å². The summed E-state index contributed by atoms with van der Waals surface area (Å²) in [4.78, 5) is 33.2. The molecule has 8 nitrogen and oxygen atoms in total. The Morgan fingerprint density at radius 3 is 2.50 bits per heavy atom. The molecule has 0 unspecified atom stereocenters.